The number of alkyl halides is 1. The van der Waals surface area contributed by atoms with Crippen LogP contribution in [0.1, 0.15) is 16.7 Å². The van der Waals surface area contributed by atoms with Crippen LogP contribution < -0.4 is 10.2 Å². The smallest absolute Gasteiger partial charge is 0.143 e. The molecule has 0 saturated carbocycles. The van der Waals surface area contributed by atoms with Gasteiger partial charge in [-0.05, 0) is 58.1 Å². The largest absolute Gasteiger partial charge is 0.508 e. The lowest BCUT2D eigenvalue weighted by Crippen LogP contribution is -2.14. The number of aryl methyl sites for hydroxylation is 2. The number of hydrogen-bond acceptors (Lipinski definition) is 4. The molecular weight excluding hydrogens is 346 g/mol. The molecule has 0 unspecified atom stereocenters. The van der Waals surface area contributed by atoms with E-state index in [1.54, 1.807) is 19.2 Å². The molecule has 2 rings (SSSR count). The fraction of sp³-hybridized carbons (Fsp3) is 0.294. The predicted octanol–water partition coefficient (Wildman–Crippen LogP) is 3.56. The van der Waals surface area contributed by atoms with Crippen LogP contribution in [0.3, 0.4) is 0 Å². The zero-order valence-corrected chi connectivity index (χ0v) is 14.1. The Bertz CT molecular complexity index is 587. The third-order valence-electron chi connectivity index (χ3n) is 3.45. The number of nitrogens with one attached hydrogen (secondary N) is 1. The van der Waals surface area contributed by atoms with E-state index >= 15 is 0 Å². The molecule has 22 heavy (non-hydrogen) atoms. The van der Waals surface area contributed by atoms with Gasteiger partial charge in [-0.25, -0.2) is 0 Å². The maximum Gasteiger partial charge on any atom is 0.143 e. The SMILES string of the molecule is CONCc1c(CCc2ccc(O)cc2)cccc1OCBr. The summed E-state index contributed by atoms with van der Waals surface area (Å²) in [5, 5.41) is 9.34. The third kappa shape index (κ3) is 4.73. The quantitative estimate of drug-likeness (QED) is 0.554. The molecule has 0 saturated heterocycles. The monoisotopic (exact) mass is 365 g/mol. The molecule has 2 N–H and O–H groups in total. The Morgan fingerprint density at radius 2 is 1.86 bits per heavy atom. The average Bonchev–Trinajstić information content (AvgIpc) is 2.54. The minimum absolute atomic E-state index is 0.293. The maximum atomic E-state index is 9.34. The first-order chi connectivity index (χ1) is 10.7. The van der Waals surface area contributed by atoms with E-state index in [9.17, 15) is 5.11 Å². The normalized spacial score (nSPS) is 10.6. The third-order valence-corrected chi connectivity index (χ3v) is 3.68. The minimum atomic E-state index is 0.293. The van der Waals surface area contributed by atoms with Crippen LogP contribution >= 0.6 is 15.9 Å². The van der Waals surface area contributed by atoms with Gasteiger partial charge >= 0.3 is 0 Å². The van der Waals surface area contributed by atoms with Gasteiger partial charge in [0.05, 0.1) is 7.11 Å². The lowest BCUT2D eigenvalue weighted by molar-refractivity contribution is 0.0859. The van der Waals surface area contributed by atoms with Crippen molar-refractivity contribution in [3.05, 3.63) is 59.2 Å². The molecular formula is C17H20BrNO3. The molecule has 118 valence electrons. The van der Waals surface area contributed by atoms with E-state index in [4.69, 9.17) is 9.57 Å². The van der Waals surface area contributed by atoms with Crippen molar-refractivity contribution < 1.29 is 14.7 Å². The number of halogens is 1. The summed E-state index contributed by atoms with van der Waals surface area (Å²) in [7, 11) is 1.60. The Hall–Kier alpha value is -1.56. The number of ether oxygens (including phenoxy) is 1. The Labute approximate surface area is 139 Å². The molecule has 0 aliphatic rings. The van der Waals surface area contributed by atoms with Crippen molar-refractivity contribution in [2.45, 2.75) is 19.4 Å². The second kappa shape index (κ2) is 8.78. The standard InChI is InChI=1S/C17H20BrNO3/c1-21-19-11-16-14(3-2-4-17(16)22-12-18)8-5-13-6-9-15(20)10-7-13/h2-4,6-7,9-10,19-20H,5,8,11-12H2,1H3. The van der Waals surface area contributed by atoms with Gasteiger partial charge in [0.25, 0.3) is 0 Å². The van der Waals surface area contributed by atoms with Gasteiger partial charge in [0.15, 0.2) is 0 Å². The Morgan fingerprint density at radius 3 is 2.55 bits per heavy atom. The van der Waals surface area contributed by atoms with Crippen molar-refractivity contribution in [3.8, 4) is 11.5 Å². The van der Waals surface area contributed by atoms with E-state index in [2.05, 4.69) is 27.5 Å². The summed E-state index contributed by atoms with van der Waals surface area (Å²) in [4.78, 5) is 4.96. The molecule has 4 nitrogen and oxygen atoms in total. The van der Waals surface area contributed by atoms with E-state index in [-0.39, 0.29) is 0 Å². The Kier molecular flexibility index (Phi) is 6.71. The van der Waals surface area contributed by atoms with Gasteiger partial charge in [0, 0.05) is 12.1 Å². The summed E-state index contributed by atoms with van der Waals surface area (Å²) in [6.45, 7) is 0.588. The van der Waals surface area contributed by atoms with Crippen molar-refractivity contribution in [1.29, 1.82) is 0 Å². The van der Waals surface area contributed by atoms with Gasteiger partial charge in [0.2, 0.25) is 0 Å². The Balaban J connectivity index is 2.14. The summed E-state index contributed by atoms with van der Waals surface area (Å²) in [6, 6.07) is 13.4. The molecule has 0 atom stereocenters. The molecule has 5 heteroatoms. The second-order valence-electron chi connectivity index (χ2n) is 4.84. The topological polar surface area (TPSA) is 50.7 Å². The van der Waals surface area contributed by atoms with Crippen LogP contribution in [0.5, 0.6) is 11.5 Å². The lowest BCUT2D eigenvalue weighted by atomic mass is 9.99. The number of hydroxylamine groups is 1. The number of phenols is 1. The molecule has 0 spiro atoms. The van der Waals surface area contributed by atoms with Crippen LogP contribution in [0.2, 0.25) is 0 Å². The second-order valence-corrected chi connectivity index (χ2v) is 5.30. The van der Waals surface area contributed by atoms with Gasteiger partial charge in [0.1, 0.15) is 17.0 Å². The highest BCUT2D eigenvalue weighted by molar-refractivity contribution is 9.09. The molecule has 0 aliphatic carbocycles. The number of phenolic OH excluding ortho intramolecular Hbond substituents is 1. The maximum absolute atomic E-state index is 9.34. The van der Waals surface area contributed by atoms with Gasteiger partial charge in [-0.2, -0.15) is 5.48 Å². The fourth-order valence-electron chi connectivity index (χ4n) is 2.33. The first-order valence-corrected chi connectivity index (χ1v) is 8.20. The van der Waals surface area contributed by atoms with E-state index in [1.165, 1.54) is 11.1 Å². The molecule has 2 aromatic rings. The summed E-state index contributed by atoms with van der Waals surface area (Å²) in [5.74, 6) is 1.14. The van der Waals surface area contributed by atoms with Crippen molar-refractivity contribution in [1.82, 2.24) is 5.48 Å². The first-order valence-electron chi connectivity index (χ1n) is 7.08. The molecule has 0 radical (unpaired) electrons. The highest BCUT2D eigenvalue weighted by atomic mass is 79.9. The molecule has 0 aliphatic heterocycles. The molecule has 0 amide bonds. The average molecular weight is 366 g/mol. The van der Waals surface area contributed by atoms with Crippen molar-refractivity contribution in [2.75, 3.05) is 12.6 Å². The van der Waals surface area contributed by atoms with Crippen LogP contribution in [0, 0.1) is 0 Å². The van der Waals surface area contributed by atoms with Crippen LogP contribution in [-0.2, 0) is 24.2 Å². The summed E-state index contributed by atoms with van der Waals surface area (Å²) >= 11 is 3.30. The van der Waals surface area contributed by atoms with Gasteiger partial charge in [-0.3, -0.25) is 0 Å². The van der Waals surface area contributed by atoms with Crippen LogP contribution in [-0.4, -0.2) is 17.7 Å². The number of aromatic hydroxyl groups is 1. The van der Waals surface area contributed by atoms with Crippen LogP contribution in [0.4, 0.5) is 0 Å². The predicted molar refractivity (Wildman–Crippen MR) is 90.2 cm³/mol. The van der Waals surface area contributed by atoms with Crippen LogP contribution in [0.25, 0.3) is 0 Å². The summed E-state index contributed by atoms with van der Waals surface area (Å²) in [5.41, 5.74) is 6.84. The highest BCUT2D eigenvalue weighted by Gasteiger charge is 2.09. The summed E-state index contributed by atoms with van der Waals surface area (Å²) < 4.78 is 5.63. The summed E-state index contributed by atoms with van der Waals surface area (Å²) in [6.07, 6.45) is 1.79. The van der Waals surface area contributed by atoms with E-state index in [0.717, 1.165) is 24.2 Å². The molecule has 0 fully saturated rings. The Morgan fingerprint density at radius 1 is 1.09 bits per heavy atom. The van der Waals surface area contributed by atoms with Crippen molar-refractivity contribution in [3.63, 3.8) is 0 Å². The number of benzene rings is 2. The highest BCUT2D eigenvalue weighted by Crippen LogP contribution is 2.24. The van der Waals surface area contributed by atoms with E-state index < -0.39 is 0 Å². The fourth-order valence-corrected chi connectivity index (χ4v) is 2.57. The zero-order valence-electron chi connectivity index (χ0n) is 12.5. The van der Waals surface area contributed by atoms with Gasteiger partial charge in [-0.15, -0.1) is 0 Å². The van der Waals surface area contributed by atoms with Crippen LogP contribution in [0.15, 0.2) is 42.5 Å². The van der Waals surface area contributed by atoms with Crippen molar-refractivity contribution in [2.24, 2.45) is 0 Å². The lowest BCUT2D eigenvalue weighted by Gasteiger charge is -2.15. The molecule has 0 bridgehead atoms. The van der Waals surface area contributed by atoms with E-state index in [0.29, 0.717) is 17.8 Å². The van der Waals surface area contributed by atoms with Crippen molar-refractivity contribution >= 4 is 15.9 Å². The molecule has 0 heterocycles. The number of rotatable bonds is 8. The molecule has 2 aromatic carbocycles. The zero-order chi connectivity index (χ0) is 15.8. The molecule has 0 aromatic heterocycles. The minimum Gasteiger partial charge on any atom is -0.508 e. The van der Waals surface area contributed by atoms with Gasteiger partial charge in [-0.1, -0.05) is 24.3 Å². The number of hydrogen-bond donors (Lipinski definition) is 2. The van der Waals surface area contributed by atoms with E-state index in [1.807, 2.05) is 24.3 Å². The van der Waals surface area contributed by atoms with Gasteiger partial charge < -0.3 is 14.7 Å². The first kappa shape index (κ1) is 16.8.